The standard InChI is InChI=1S/C29H24ClF4N7O3/c1-2-43-27(42)20-13-18(15-36-26(20)44-12-8-17-5-9-35-10-6-17)21-16-37-28(38-19-3-4-23(31)22(30)14-19)39-25(21)41-11-7-24(40-41)29(32,33)34/h3-7,9-11,13-16,24,40H,2,8,12H2,1H3,(H,37,38,39). The van der Waals surface area contributed by atoms with Crippen LogP contribution in [-0.2, 0) is 11.2 Å². The zero-order valence-electron chi connectivity index (χ0n) is 23.0. The molecule has 10 nitrogen and oxygen atoms in total. The molecule has 44 heavy (non-hydrogen) atoms. The first-order chi connectivity index (χ1) is 21.1. The number of esters is 1. The van der Waals surface area contributed by atoms with Crippen LogP contribution < -0.4 is 20.5 Å². The fraction of sp³-hybridized carbons (Fsp3) is 0.207. The van der Waals surface area contributed by atoms with Crippen LogP contribution in [0.15, 0.2) is 73.5 Å². The van der Waals surface area contributed by atoms with Gasteiger partial charge in [-0.15, -0.1) is 0 Å². The Morgan fingerprint density at radius 2 is 1.93 bits per heavy atom. The second-order valence-electron chi connectivity index (χ2n) is 9.30. The summed E-state index contributed by atoms with van der Waals surface area (Å²) in [6.45, 7) is 1.93. The van der Waals surface area contributed by atoms with Crippen LogP contribution in [0.25, 0.3) is 11.1 Å². The van der Waals surface area contributed by atoms with Gasteiger partial charge in [-0.3, -0.25) is 9.99 Å². The fourth-order valence-electron chi connectivity index (χ4n) is 4.13. The smallest absolute Gasteiger partial charge is 0.409 e. The maximum Gasteiger partial charge on any atom is 0.409 e. The number of hydrogen-bond donors (Lipinski definition) is 2. The number of pyridine rings is 2. The highest BCUT2D eigenvalue weighted by Crippen LogP contribution is 2.35. The third kappa shape index (κ3) is 7.21. The molecular formula is C29H24ClF4N7O3. The number of nitrogens with one attached hydrogen (secondary N) is 2. The molecule has 0 saturated carbocycles. The predicted molar refractivity (Wildman–Crippen MR) is 154 cm³/mol. The van der Waals surface area contributed by atoms with Crippen molar-refractivity contribution >= 4 is 35.0 Å². The zero-order chi connectivity index (χ0) is 31.3. The van der Waals surface area contributed by atoms with E-state index in [0.717, 1.165) is 22.7 Å². The lowest BCUT2D eigenvalue weighted by Crippen LogP contribution is -2.44. The Hall–Kier alpha value is -4.82. The van der Waals surface area contributed by atoms with Crippen molar-refractivity contribution in [3.05, 3.63) is 95.4 Å². The summed E-state index contributed by atoms with van der Waals surface area (Å²) < 4.78 is 65.1. The maximum absolute atomic E-state index is 13.6. The van der Waals surface area contributed by atoms with Crippen LogP contribution in [0.1, 0.15) is 22.8 Å². The number of nitrogens with zero attached hydrogens (tertiary/aromatic N) is 5. The van der Waals surface area contributed by atoms with Crippen molar-refractivity contribution in [1.29, 1.82) is 0 Å². The SMILES string of the molecule is CCOC(=O)c1cc(-c2cnc(Nc3ccc(F)c(Cl)c3)nc2N2C=CC(C(F)(F)F)N2)cnc1OCCc1ccncc1. The second-order valence-corrected chi connectivity index (χ2v) is 9.70. The number of halogens is 5. The Labute approximate surface area is 253 Å². The van der Waals surface area contributed by atoms with Gasteiger partial charge >= 0.3 is 12.1 Å². The molecule has 0 aliphatic carbocycles. The van der Waals surface area contributed by atoms with E-state index >= 15 is 0 Å². The average molecular weight is 630 g/mol. The quantitative estimate of drug-likeness (QED) is 0.159. The molecule has 0 radical (unpaired) electrons. The van der Waals surface area contributed by atoms with Crippen LogP contribution in [0, 0.1) is 5.82 Å². The van der Waals surface area contributed by atoms with E-state index in [2.05, 4.69) is 30.7 Å². The highest BCUT2D eigenvalue weighted by Gasteiger charge is 2.41. The minimum absolute atomic E-state index is 0.00155. The number of aromatic nitrogens is 4. The summed E-state index contributed by atoms with van der Waals surface area (Å²) in [5, 5.41) is 3.80. The van der Waals surface area contributed by atoms with E-state index in [4.69, 9.17) is 21.1 Å². The number of rotatable bonds is 10. The van der Waals surface area contributed by atoms with E-state index in [9.17, 15) is 22.4 Å². The maximum atomic E-state index is 13.6. The molecule has 0 spiro atoms. The van der Waals surface area contributed by atoms with Crippen molar-refractivity contribution in [2.24, 2.45) is 0 Å². The molecule has 1 atom stereocenters. The van der Waals surface area contributed by atoms with E-state index < -0.39 is 24.0 Å². The number of carbonyl (C=O) groups is 1. The molecular weight excluding hydrogens is 606 g/mol. The van der Waals surface area contributed by atoms with Crippen molar-refractivity contribution in [3.63, 3.8) is 0 Å². The van der Waals surface area contributed by atoms with E-state index in [0.29, 0.717) is 17.7 Å². The van der Waals surface area contributed by atoms with Gasteiger partial charge in [0.25, 0.3) is 0 Å². The van der Waals surface area contributed by atoms with Gasteiger partial charge in [-0.25, -0.2) is 24.6 Å². The first-order valence-corrected chi connectivity index (χ1v) is 13.6. The van der Waals surface area contributed by atoms with Crippen LogP contribution in [0.2, 0.25) is 5.02 Å². The Morgan fingerprint density at radius 3 is 2.64 bits per heavy atom. The lowest BCUT2D eigenvalue weighted by molar-refractivity contribution is -0.142. The van der Waals surface area contributed by atoms with Crippen molar-refractivity contribution in [2.75, 3.05) is 23.5 Å². The third-order valence-electron chi connectivity index (χ3n) is 6.27. The summed E-state index contributed by atoms with van der Waals surface area (Å²) in [6.07, 6.45) is 4.11. The summed E-state index contributed by atoms with van der Waals surface area (Å²) >= 11 is 5.87. The number of hydrogen-bond acceptors (Lipinski definition) is 10. The predicted octanol–water partition coefficient (Wildman–Crippen LogP) is 6.04. The second kappa shape index (κ2) is 13.2. The van der Waals surface area contributed by atoms with Crippen molar-refractivity contribution in [2.45, 2.75) is 25.6 Å². The molecule has 1 unspecified atom stereocenters. The zero-order valence-corrected chi connectivity index (χ0v) is 23.7. The Balaban J connectivity index is 1.49. The number of ether oxygens (including phenoxy) is 2. The van der Waals surface area contributed by atoms with Gasteiger partial charge in [0, 0.05) is 54.2 Å². The van der Waals surface area contributed by atoms with E-state index in [-0.39, 0.29) is 47.0 Å². The van der Waals surface area contributed by atoms with Gasteiger partial charge in [0.05, 0.1) is 18.2 Å². The van der Waals surface area contributed by atoms with Crippen LogP contribution in [0.3, 0.4) is 0 Å². The van der Waals surface area contributed by atoms with Gasteiger partial charge in [-0.05, 0) is 55.0 Å². The Bertz CT molecular complexity index is 1680. The lowest BCUT2D eigenvalue weighted by Gasteiger charge is -2.23. The van der Waals surface area contributed by atoms with Crippen LogP contribution in [0.5, 0.6) is 5.88 Å². The third-order valence-corrected chi connectivity index (χ3v) is 6.56. The highest BCUT2D eigenvalue weighted by atomic mass is 35.5. The van der Waals surface area contributed by atoms with Crippen LogP contribution in [0.4, 0.5) is 35.0 Å². The molecule has 5 rings (SSSR count). The molecule has 0 saturated heterocycles. The molecule has 1 aliphatic heterocycles. The molecule has 228 valence electrons. The minimum Gasteiger partial charge on any atom is -0.477 e. The van der Waals surface area contributed by atoms with Gasteiger partial charge < -0.3 is 14.8 Å². The summed E-state index contributed by atoms with van der Waals surface area (Å²) in [7, 11) is 0. The molecule has 0 amide bonds. The number of anilines is 3. The number of alkyl halides is 3. The molecule has 15 heteroatoms. The Kier molecular flexibility index (Phi) is 9.20. The number of carbonyl (C=O) groups excluding carboxylic acids is 1. The first kappa shape index (κ1) is 30.6. The minimum atomic E-state index is -4.57. The van der Waals surface area contributed by atoms with Crippen LogP contribution >= 0.6 is 11.6 Å². The highest BCUT2D eigenvalue weighted by molar-refractivity contribution is 6.31. The number of benzene rings is 1. The lowest BCUT2D eigenvalue weighted by atomic mass is 10.1. The molecule has 0 bridgehead atoms. The van der Waals surface area contributed by atoms with Gasteiger partial charge in [-0.2, -0.15) is 18.2 Å². The summed E-state index contributed by atoms with van der Waals surface area (Å²) in [4.78, 5) is 29.9. The van der Waals surface area contributed by atoms with Crippen molar-refractivity contribution in [1.82, 2.24) is 25.4 Å². The Morgan fingerprint density at radius 1 is 1.14 bits per heavy atom. The monoisotopic (exact) mass is 629 g/mol. The molecule has 0 fully saturated rings. The van der Waals surface area contributed by atoms with E-state index in [1.165, 1.54) is 36.8 Å². The molecule has 4 aromatic rings. The normalized spacial score (nSPS) is 14.5. The molecule has 4 heterocycles. The average Bonchev–Trinajstić information content (AvgIpc) is 3.51. The van der Waals surface area contributed by atoms with Gasteiger partial charge in [0.15, 0.2) is 5.82 Å². The molecule has 1 aromatic carbocycles. The van der Waals surface area contributed by atoms with Gasteiger partial charge in [-0.1, -0.05) is 11.6 Å². The summed E-state index contributed by atoms with van der Waals surface area (Å²) in [6, 6.07) is 6.99. The first-order valence-electron chi connectivity index (χ1n) is 13.2. The summed E-state index contributed by atoms with van der Waals surface area (Å²) in [5.74, 6) is -1.33. The number of hydrazine groups is 1. The largest absolute Gasteiger partial charge is 0.477 e. The van der Waals surface area contributed by atoms with Gasteiger partial charge in [0.1, 0.15) is 17.4 Å². The molecule has 3 aromatic heterocycles. The van der Waals surface area contributed by atoms with Gasteiger partial charge in [0.2, 0.25) is 11.8 Å². The van der Waals surface area contributed by atoms with E-state index in [1.54, 1.807) is 19.3 Å². The molecule has 2 N–H and O–H groups in total. The fourth-order valence-corrected chi connectivity index (χ4v) is 4.31. The van der Waals surface area contributed by atoms with E-state index in [1.807, 2.05) is 12.1 Å². The van der Waals surface area contributed by atoms with Crippen molar-refractivity contribution in [3.8, 4) is 17.0 Å². The molecule has 1 aliphatic rings. The topological polar surface area (TPSA) is 114 Å². The van der Waals surface area contributed by atoms with Crippen LogP contribution in [-0.4, -0.2) is 51.3 Å². The summed E-state index contributed by atoms with van der Waals surface area (Å²) in [5.41, 5.74) is 4.19. The van der Waals surface area contributed by atoms with Crippen molar-refractivity contribution < 1.29 is 31.8 Å².